The summed E-state index contributed by atoms with van der Waals surface area (Å²) in [7, 11) is 3.02. The van der Waals surface area contributed by atoms with Crippen LogP contribution in [0.15, 0.2) is 89.3 Å². The lowest BCUT2D eigenvalue weighted by Gasteiger charge is -2.37. The molecule has 8 heteroatoms. The minimum atomic E-state index is -0.903. The second-order valence-corrected chi connectivity index (χ2v) is 9.59. The van der Waals surface area contributed by atoms with Crippen LogP contribution in [-0.2, 0) is 9.59 Å². The number of hydrogen-bond donors (Lipinski definition) is 2. The van der Waals surface area contributed by atoms with Crippen LogP contribution in [0.2, 0.25) is 0 Å². The maximum atomic E-state index is 14.5. The van der Waals surface area contributed by atoms with Crippen molar-refractivity contribution >= 4 is 17.4 Å². The van der Waals surface area contributed by atoms with Crippen molar-refractivity contribution in [1.82, 2.24) is 5.32 Å². The highest BCUT2D eigenvalue weighted by atomic mass is 19.1. The quantitative estimate of drug-likeness (QED) is 0.410. The van der Waals surface area contributed by atoms with E-state index in [-0.39, 0.29) is 23.7 Å². The van der Waals surface area contributed by atoms with E-state index in [1.807, 2.05) is 30.3 Å². The number of rotatable bonds is 6. The molecule has 6 nitrogen and oxygen atoms in total. The van der Waals surface area contributed by atoms with Gasteiger partial charge in [0.05, 0.1) is 20.1 Å². The summed E-state index contributed by atoms with van der Waals surface area (Å²) in [5.74, 6) is -2.60. The predicted octanol–water partition coefficient (Wildman–Crippen LogP) is 5.98. The lowest BCUT2D eigenvalue weighted by Crippen LogP contribution is -2.37. The van der Waals surface area contributed by atoms with Crippen molar-refractivity contribution < 1.29 is 27.8 Å². The molecule has 0 unspecified atom stereocenters. The zero-order valence-electron chi connectivity index (χ0n) is 21.8. The van der Waals surface area contributed by atoms with Gasteiger partial charge in [-0.1, -0.05) is 36.4 Å². The molecule has 5 rings (SSSR count). The maximum absolute atomic E-state index is 14.5. The van der Waals surface area contributed by atoms with Gasteiger partial charge in [0, 0.05) is 34.5 Å². The Hall–Kier alpha value is -4.46. The first-order valence-corrected chi connectivity index (χ1v) is 12.6. The second-order valence-electron chi connectivity index (χ2n) is 9.59. The average Bonchev–Trinajstić information content (AvgIpc) is 2.94. The molecular formula is C31H28F2N2O4. The second kappa shape index (κ2) is 10.7. The van der Waals surface area contributed by atoms with Gasteiger partial charge >= 0.3 is 0 Å². The minimum absolute atomic E-state index is 0.0338. The molecule has 1 aliphatic carbocycles. The molecule has 2 atom stereocenters. The van der Waals surface area contributed by atoms with Crippen molar-refractivity contribution in [3.8, 4) is 11.5 Å². The number of dihydropyridines is 1. The summed E-state index contributed by atoms with van der Waals surface area (Å²) in [6.45, 7) is 1.71. The van der Waals surface area contributed by atoms with Crippen molar-refractivity contribution in [3.63, 3.8) is 0 Å². The third kappa shape index (κ3) is 4.90. The number of para-hydroxylation sites is 1. The summed E-state index contributed by atoms with van der Waals surface area (Å²) < 4.78 is 40.0. The molecule has 3 aromatic rings. The number of hydrogen-bond acceptors (Lipinski definition) is 5. The van der Waals surface area contributed by atoms with Gasteiger partial charge in [-0.2, -0.15) is 0 Å². The van der Waals surface area contributed by atoms with Crippen molar-refractivity contribution in [2.24, 2.45) is 0 Å². The van der Waals surface area contributed by atoms with Gasteiger partial charge in [0.25, 0.3) is 5.91 Å². The molecule has 200 valence electrons. The normalized spacial score (nSPS) is 18.8. The maximum Gasteiger partial charge on any atom is 0.254 e. The summed E-state index contributed by atoms with van der Waals surface area (Å²) in [4.78, 5) is 27.6. The van der Waals surface area contributed by atoms with Crippen LogP contribution in [0.3, 0.4) is 0 Å². The Labute approximate surface area is 225 Å². The van der Waals surface area contributed by atoms with Gasteiger partial charge in [-0.25, -0.2) is 8.78 Å². The highest BCUT2D eigenvalue weighted by Crippen LogP contribution is 2.48. The molecule has 0 fully saturated rings. The minimum Gasteiger partial charge on any atom is -0.497 e. The molecule has 3 aromatic carbocycles. The Morgan fingerprint density at radius 1 is 0.949 bits per heavy atom. The zero-order valence-corrected chi connectivity index (χ0v) is 21.8. The first kappa shape index (κ1) is 26.2. The molecule has 2 N–H and O–H groups in total. The van der Waals surface area contributed by atoms with Crippen LogP contribution in [0.4, 0.5) is 14.5 Å². The van der Waals surface area contributed by atoms with Gasteiger partial charge < -0.3 is 20.1 Å². The number of carbonyl (C=O) groups is 2. The van der Waals surface area contributed by atoms with Crippen LogP contribution in [-0.4, -0.2) is 25.9 Å². The third-order valence-electron chi connectivity index (χ3n) is 7.29. The molecule has 0 saturated heterocycles. The number of benzene rings is 3. The van der Waals surface area contributed by atoms with Crippen LogP contribution in [0.1, 0.15) is 42.7 Å². The monoisotopic (exact) mass is 530 g/mol. The first-order chi connectivity index (χ1) is 18.8. The van der Waals surface area contributed by atoms with E-state index < -0.39 is 29.1 Å². The summed E-state index contributed by atoms with van der Waals surface area (Å²) >= 11 is 0. The largest absolute Gasteiger partial charge is 0.497 e. The standard InChI is InChI=1S/C31H28F2N2O4/c1-17-27(31(37)35-30-22(32)10-7-11-23(30)33)28(21-16-20(38-2)12-13-26(21)39-3)29-24(34-17)14-19(15-25(29)36)18-8-5-4-6-9-18/h4-13,16,19,28,34H,14-15H2,1-3H3,(H,35,37)/t19-,28+/m0/s1. The number of nitrogens with one attached hydrogen (secondary N) is 2. The van der Waals surface area contributed by atoms with Crippen LogP contribution in [0, 0.1) is 11.6 Å². The van der Waals surface area contributed by atoms with Crippen molar-refractivity contribution in [3.05, 3.63) is 112 Å². The van der Waals surface area contributed by atoms with E-state index in [9.17, 15) is 18.4 Å². The number of Topliss-reactive ketones (excluding diaryl/α,β-unsaturated/α-hetero) is 1. The Kier molecular flexibility index (Phi) is 7.19. The number of carbonyl (C=O) groups excluding carboxylic acids is 2. The van der Waals surface area contributed by atoms with Crippen LogP contribution >= 0.6 is 0 Å². The number of methoxy groups -OCH3 is 2. The lowest BCUT2D eigenvalue weighted by atomic mass is 9.71. The van der Waals surface area contributed by atoms with Crippen molar-refractivity contribution in [2.45, 2.75) is 31.6 Å². The van der Waals surface area contributed by atoms with E-state index in [0.717, 1.165) is 17.7 Å². The molecule has 1 aliphatic heterocycles. The van der Waals surface area contributed by atoms with Gasteiger partial charge in [-0.15, -0.1) is 0 Å². The van der Waals surface area contributed by atoms with E-state index >= 15 is 0 Å². The van der Waals surface area contributed by atoms with E-state index in [4.69, 9.17) is 9.47 Å². The fourth-order valence-corrected chi connectivity index (χ4v) is 5.48. The number of allylic oxidation sites excluding steroid dienone is 3. The van der Waals surface area contributed by atoms with E-state index in [1.165, 1.54) is 20.3 Å². The third-order valence-corrected chi connectivity index (χ3v) is 7.29. The van der Waals surface area contributed by atoms with Gasteiger partial charge in [0.1, 0.15) is 28.8 Å². The number of ketones is 1. The molecule has 0 aromatic heterocycles. The van der Waals surface area contributed by atoms with E-state index in [2.05, 4.69) is 10.6 Å². The molecule has 0 spiro atoms. The van der Waals surface area contributed by atoms with Gasteiger partial charge in [0.2, 0.25) is 0 Å². The van der Waals surface area contributed by atoms with E-state index in [1.54, 1.807) is 25.1 Å². The summed E-state index contributed by atoms with van der Waals surface area (Å²) in [5.41, 5.74) is 2.80. The Balaban J connectivity index is 1.64. The van der Waals surface area contributed by atoms with Crippen molar-refractivity contribution in [2.75, 3.05) is 19.5 Å². The molecule has 1 heterocycles. The Morgan fingerprint density at radius 3 is 2.33 bits per heavy atom. The fraction of sp³-hybridized carbons (Fsp3) is 0.226. The van der Waals surface area contributed by atoms with Gasteiger partial charge in [-0.05, 0) is 55.2 Å². The molecule has 0 bridgehead atoms. The van der Waals surface area contributed by atoms with Crippen LogP contribution < -0.4 is 20.1 Å². The molecule has 39 heavy (non-hydrogen) atoms. The molecule has 1 amide bonds. The Bertz CT molecular complexity index is 1490. The molecule has 0 radical (unpaired) electrons. The number of anilines is 1. The highest BCUT2D eigenvalue weighted by Gasteiger charge is 2.42. The number of amides is 1. The van der Waals surface area contributed by atoms with Crippen molar-refractivity contribution in [1.29, 1.82) is 0 Å². The SMILES string of the molecule is COc1ccc(OC)c([C@@H]2C(C(=O)Nc3c(F)cccc3F)=C(C)NC3=C2C(=O)C[C@@H](c2ccccc2)C3)c1. The molecule has 2 aliphatic rings. The molecule has 0 saturated carbocycles. The summed E-state index contributed by atoms with van der Waals surface area (Å²) in [6.07, 6.45) is 0.811. The summed E-state index contributed by atoms with van der Waals surface area (Å²) in [5, 5.41) is 5.67. The smallest absolute Gasteiger partial charge is 0.254 e. The fourth-order valence-electron chi connectivity index (χ4n) is 5.48. The highest BCUT2D eigenvalue weighted by molar-refractivity contribution is 6.10. The number of halogens is 2. The molecular weight excluding hydrogens is 502 g/mol. The van der Waals surface area contributed by atoms with Crippen LogP contribution in [0.25, 0.3) is 0 Å². The predicted molar refractivity (Wildman–Crippen MR) is 144 cm³/mol. The van der Waals surface area contributed by atoms with E-state index in [0.29, 0.717) is 40.5 Å². The van der Waals surface area contributed by atoms with Gasteiger partial charge in [-0.3, -0.25) is 9.59 Å². The topological polar surface area (TPSA) is 76.7 Å². The Morgan fingerprint density at radius 2 is 1.67 bits per heavy atom. The first-order valence-electron chi connectivity index (χ1n) is 12.6. The van der Waals surface area contributed by atoms with Gasteiger partial charge in [0.15, 0.2) is 5.78 Å². The summed E-state index contributed by atoms with van der Waals surface area (Å²) in [6, 6.07) is 18.3. The zero-order chi connectivity index (χ0) is 27.7. The van der Waals surface area contributed by atoms with Crippen LogP contribution in [0.5, 0.6) is 11.5 Å². The number of ether oxygens (including phenoxy) is 2. The average molecular weight is 531 g/mol. The lowest BCUT2D eigenvalue weighted by molar-refractivity contribution is -0.116.